The van der Waals surface area contributed by atoms with Crippen LogP contribution >= 0.6 is 0 Å². The smallest absolute Gasteiger partial charge is 0.153 e. The molecule has 1 atom stereocenters. The number of aromatic nitrogens is 3. The quantitative estimate of drug-likeness (QED) is 0.707. The fourth-order valence-electron chi connectivity index (χ4n) is 3.83. The summed E-state index contributed by atoms with van der Waals surface area (Å²) in [5.74, 6) is 1.72. The van der Waals surface area contributed by atoms with E-state index in [9.17, 15) is 0 Å². The Hall–Kier alpha value is -2.93. The lowest BCUT2D eigenvalue weighted by Crippen LogP contribution is -2.45. The van der Waals surface area contributed by atoms with Gasteiger partial charge in [-0.3, -0.25) is 0 Å². The van der Waals surface area contributed by atoms with Gasteiger partial charge in [-0.25, -0.2) is 15.0 Å². The maximum Gasteiger partial charge on any atom is 0.153 e. The number of nitrogens with zero attached hydrogens (tertiary/aromatic N) is 5. The molecule has 1 aliphatic heterocycles. The lowest BCUT2D eigenvalue weighted by atomic mass is 10.0. The summed E-state index contributed by atoms with van der Waals surface area (Å²) in [5, 5.41) is 5.87. The van der Waals surface area contributed by atoms with E-state index in [1.165, 1.54) is 22.7 Å². The molecule has 29 heavy (non-hydrogen) atoms. The highest BCUT2D eigenvalue weighted by atomic mass is 15.3. The molecule has 1 fully saturated rings. The number of piperazine rings is 1. The van der Waals surface area contributed by atoms with Crippen LogP contribution < -0.4 is 16.0 Å². The Morgan fingerprint density at radius 2 is 1.86 bits per heavy atom. The van der Waals surface area contributed by atoms with E-state index >= 15 is 0 Å². The predicted molar refractivity (Wildman–Crippen MR) is 119 cm³/mol. The summed E-state index contributed by atoms with van der Waals surface area (Å²) in [6.45, 7) is 10.2. The van der Waals surface area contributed by atoms with Crippen LogP contribution in [0.4, 0.5) is 17.3 Å². The SMILES string of the molecule is Cc1ncnc(NC(C)c2cc3cccc(C)c3c(N3CCN(C)CC3)n2)c1N. The van der Waals surface area contributed by atoms with Crippen molar-refractivity contribution in [1.82, 2.24) is 19.9 Å². The molecule has 3 heterocycles. The molecule has 4 rings (SSSR count). The van der Waals surface area contributed by atoms with E-state index < -0.39 is 0 Å². The minimum atomic E-state index is -0.0391. The molecule has 152 valence electrons. The zero-order valence-electron chi connectivity index (χ0n) is 17.6. The number of nitrogens with two attached hydrogens (primary N) is 1. The first kappa shape index (κ1) is 19.4. The standard InChI is InChI=1S/C22H29N7/c1-14-6-5-7-17-12-18(15(2)26-21-20(23)16(3)24-13-25-21)27-22(19(14)17)29-10-8-28(4)9-11-29/h5-7,12-13,15H,8-11,23H2,1-4H3,(H,24,25,26). The molecular weight excluding hydrogens is 362 g/mol. The number of anilines is 3. The molecule has 0 saturated carbocycles. The van der Waals surface area contributed by atoms with Crippen molar-refractivity contribution in [1.29, 1.82) is 0 Å². The second kappa shape index (κ2) is 7.83. The molecule has 7 heteroatoms. The van der Waals surface area contributed by atoms with Gasteiger partial charge in [0.1, 0.15) is 12.1 Å². The molecule has 0 aliphatic carbocycles. The minimum absolute atomic E-state index is 0.0391. The van der Waals surface area contributed by atoms with Gasteiger partial charge in [0.2, 0.25) is 0 Å². The maximum absolute atomic E-state index is 6.16. The number of nitrogens with one attached hydrogen (secondary N) is 1. The summed E-state index contributed by atoms with van der Waals surface area (Å²) in [6.07, 6.45) is 1.54. The molecular formula is C22H29N7. The topological polar surface area (TPSA) is 83.2 Å². The second-order valence-corrected chi connectivity index (χ2v) is 7.92. The number of nitrogen functional groups attached to an aromatic ring is 1. The van der Waals surface area contributed by atoms with Crippen LogP contribution in [0.5, 0.6) is 0 Å². The number of hydrogen-bond acceptors (Lipinski definition) is 7. The Morgan fingerprint density at radius 3 is 2.62 bits per heavy atom. The third-order valence-corrected chi connectivity index (χ3v) is 5.75. The molecule has 0 bridgehead atoms. The Balaban J connectivity index is 1.74. The summed E-state index contributed by atoms with van der Waals surface area (Å²) < 4.78 is 0. The van der Waals surface area contributed by atoms with Gasteiger partial charge in [0.15, 0.2) is 5.82 Å². The molecule has 1 aromatic carbocycles. The van der Waals surface area contributed by atoms with Crippen LogP contribution in [-0.4, -0.2) is 53.1 Å². The van der Waals surface area contributed by atoms with Gasteiger partial charge in [-0.1, -0.05) is 18.2 Å². The van der Waals surface area contributed by atoms with E-state index in [2.05, 4.69) is 70.2 Å². The molecule has 3 aromatic rings. The molecule has 7 nitrogen and oxygen atoms in total. The number of fused-ring (bicyclic) bond motifs is 1. The van der Waals surface area contributed by atoms with Crippen molar-refractivity contribution < 1.29 is 0 Å². The van der Waals surface area contributed by atoms with Crippen molar-refractivity contribution in [3.63, 3.8) is 0 Å². The summed E-state index contributed by atoms with van der Waals surface area (Å²) in [7, 11) is 2.17. The van der Waals surface area contributed by atoms with Crippen LogP contribution in [0.3, 0.4) is 0 Å². The number of aryl methyl sites for hydroxylation is 2. The van der Waals surface area contributed by atoms with Crippen molar-refractivity contribution in [2.75, 3.05) is 49.2 Å². The van der Waals surface area contributed by atoms with Crippen LogP contribution in [-0.2, 0) is 0 Å². The van der Waals surface area contributed by atoms with Gasteiger partial charge in [-0.2, -0.15) is 0 Å². The molecule has 2 aromatic heterocycles. The monoisotopic (exact) mass is 391 g/mol. The predicted octanol–water partition coefficient (Wildman–Crippen LogP) is 3.15. The van der Waals surface area contributed by atoms with Crippen molar-refractivity contribution >= 4 is 28.1 Å². The van der Waals surface area contributed by atoms with Crippen molar-refractivity contribution in [3.8, 4) is 0 Å². The van der Waals surface area contributed by atoms with Crippen molar-refractivity contribution in [2.24, 2.45) is 0 Å². The van der Waals surface area contributed by atoms with Crippen LogP contribution in [0, 0.1) is 13.8 Å². The van der Waals surface area contributed by atoms with Gasteiger partial charge in [-0.15, -0.1) is 0 Å². The van der Waals surface area contributed by atoms with Gasteiger partial charge in [0, 0.05) is 31.6 Å². The lowest BCUT2D eigenvalue weighted by molar-refractivity contribution is 0.312. The van der Waals surface area contributed by atoms with Gasteiger partial charge < -0.3 is 20.9 Å². The van der Waals surface area contributed by atoms with Gasteiger partial charge >= 0.3 is 0 Å². The first-order valence-corrected chi connectivity index (χ1v) is 10.1. The fourth-order valence-corrected chi connectivity index (χ4v) is 3.83. The van der Waals surface area contributed by atoms with Crippen molar-refractivity contribution in [2.45, 2.75) is 26.8 Å². The third kappa shape index (κ3) is 3.82. The maximum atomic E-state index is 6.16. The summed E-state index contributed by atoms with van der Waals surface area (Å²) >= 11 is 0. The van der Waals surface area contributed by atoms with Crippen molar-refractivity contribution in [3.05, 3.63) is 47.5 Å². The van der Waals surface area contributed by atoms with E-state index in [-0.39, 0.29) is 6.04 Å². The largest absolute Gasteiger partial charge is 0.394 e. The highest BCUT2D eigenvalue weighted by Crippen LogP contribution is 2.32. The van der Waals surface area contributed by atoms with E-state index in [1.54, 1.807) is 0 Å². The molecule has 1 saturated heterocycles. The molecule has 1 aliphatic rings. The summed E-state index contributed by atoms with van der Waals surface area (Å²) in [6, 6.07) is 8.57. The third-order valence-electron chi connectivity index (χ3n) is 5.75. The average Bonchev–Trinajstić information content (AvgIpc) is 2.71. The van der Waals surface area contributed by atoms with Crippen LogP contribution in [0.1, 0.15) is 29.9 Å². The number of rotatable bonds is 4. The zero-order chi connectivity index (χ0) is 20.5. The van der Waals surface area contributed by atoms with Crippen LogP contribution in [0.25, 0.3) is 10.8 Å². The summed E-state index contributed by atoms with van der Waals surface area (Å²) in [5.41, 5.74) is 9.75. The minimum Gasteiger partial charge on any atom is -0.394 e. The van der Waals surface area contributed by atoms with E-state index in [4.69, 9.17) is 10.7 Å². The highest BCUT2D eigenvalue weighted by molar-refractivity contribution is 5.95. The first-order valence-electron chi connectivity index (χ1n) is 10.1. The van der Waals surface area contributed by atoms with Crippen LogP contribution in [0.15, 0.2) is 30.6 Å². The van der Waals surface area contributed by atoms with Gasteiger partial charge in [-0.05, 0) is 44.8 Å². The number of benzene rings is 1. The van der Waals surface area contributed by atoms with E-state index in [0.29, 0.717) is 11.5 Å². The Labute approximate surface area is 172 Å². The van der Waals surface area contributed by atoms with E-state index in [0.717, 1.165) is 43.4 Å². The molecule has 0 spiro atoms. The number of likely N-dealkylation sites (N-methyl/N-ethyl adjacent to an activating group) is 1. The molecule has 3 N–H and O–H groups in total. The average molecular weight is 392 g/mol. The molecule has 0 radical (unpaired) electrons. The zero-order valence-corrected chi connectivity index (χ0v) is 17.6. The number of pyridine rings is 1. The Kier molecular flexibility index (Phi) is 5.24. The van der Waals surface area contributed by atoms with E-state index in [1.807, 2.05) is 6.92 Å². The number of hydrogen-bond donors (Lipinski definition) is 2. The molecule has 1 unspecified atom stereocenters. The first-order chi connectivity index (χ1) is 13.9. The highest BCUT2D eigenvalue weighted by Gasteiger charge is 2.21. The second-order valence-electron chi connectivity index (χ2n) is 7.92. The van der Waals surface area contributed by atoms with Gasteiger partial charge in [0.25, 0.3) is 0 Å². The Bertz CT molecular complexity index is 1030. The fraction of sp³-hybridized carbons (Fsp3) is 0.409. The summed E-state index contributed by atoms with van der Waals surface area (Å²) in [4.78, 5) is 18.4. The van der Waals surface area contributed by atoms with Crippen LogP contribution in [0.2, 0.25) is 0 Å². The lowest BCUT2D eigenvalue weighted by Gasteiger charge is -2.34. The molecule has 0 amide bonds. The Morgan fingerprint density at radius 1 is 1.10 bits per heavy atom. The normalized spacial score (nSPS) is 16.2. The van der Waals surface area contributed by atoms with Gasteiger partial charge in [0.05, 0.1) is 23.1 Å².